The molecule has 1 atom stereocenters. The second kappa shape index (κ2) is 8.87. The molecule has 0 saturated carbocycles. The maximum absolute atomic E-state index is 12.6. The van der Waals surface area contributed by atoms with Crippen LogP contribution in [0, 0.1) is 0 Å². The second-order valence-electron chi connectivity index (χ2n) is 5.92. The van der Waals surface area contributed by atoms with Gasteiger partial charge in [0.2, 0.25) is 0 Å². The van der Waals surface area contributed by atoms with Gasteiger partial charge in [-0.15, -0.1) is 0 Å². The molecule has 0 aromatic heterocycles. The van der Waals surface area contributed by atoms with E-state index in [4.69, 9.17) is 0 Å². The van der Waals surface area contributed by atoms with E-state index in [1.54, 1.807) is 4.90 Å². The molecule has 0 heterocycles. The minimum atomic E-state index is -0.545. The van der Waals surface area contributed by atoms with Gasteiger partial charge in [0.1, 0.15) is 0 Å². The smallest absolute Gasteiger partial charge is 0.312 e. The molecule has 4 nitrogen and oxygen atoms in total. The van der Waals surface area contributed by atoms with Gasteiger partial charge in [-0.05, 0) is 24.5 Å². The van der Waals surface area contributed by atoms with Crippen LogP contribution in [-0.4, -0.2) is 22.8 Å². The summed E-state index contributed by atoms with van der Waals surface area (Å²) in [5.41, 5.74) is 2.00. The summed E-state index contributed by atoms with van der Waals surface area (Å²) in [5.74, 6) is -1.04. The first-order chi connectivity index (χ1) is 11.6. The SMILES string of the molecule is CCC(C)NC(=O)C(=O)N(Cc1ccccc1)Cc1ccccc1. The van der Waals surface area contributed by atoms with Crippen molar-refractivity contribution in [2.45, 2.75) is 39.4 Å². The second-order valence-corrected chi connectivity index (χ2v) is 5.92. The van der Waals surface area contributed by atoms with Crippen molar-refractivity contribution in [1.29, 1.82) is 0 Å². The van der Waals surface area contributed by atoms with Crippen molar-refractivity contribution >= 4 is 11.8 Å². The van der Waals surface area contributed by atoms with E-state index in [9.17, 15) is 9.59 Å². The van der Waals surface area contributed by atoms with Crippen molar-refractivity contribution < 1.29 is 9.59 Å². The zero-order valence-corrected chi connectivity index (χ0v) is 14.2. The topological polar surface area (TPSA) is 49.4 Å². The molecule has 0 spiro atoms. The maximum atomic E-state index is 12.6. The number of carbonyl (C=O) groups is 2. The van der Waals surface area contributed by atoms with Crippen LogP contribution in [0.15, 0.2) is 60.7 Å². The van der Waals surface area contributed by atoms with E-state index in [0.717, 1.165) is 17.5 Å². The van der Waals surface area contributed by atoms with Crippen LogP contribution in [0.3, 0.4) is 0 Å². The third-order valence-electron chi connectivity index (χ3n) is 3.90. The molecular formula is C20H24N2O2. The summed E-state index contributed by atoms with van der Waals surface area (Å²) in [7, 11) is 0. The summed E-state index contributed by atoms with van der Waals surface area (Å²) in [6.07, 6.45) is 0.788. The standard InChI is InChI=1S/C20H24N2O2/c1-3-16(2)21-19(23)20(24)22(14-17-10-6-4-7-11-17)15-18-12-8-5-9-13-18/h4-13,16H,3,14-15H2,1-2H3,(H,21,23). The molecule has 24 heavy (non-hydrogen) atoms. The summed E-state index contributed by atoms with van der Waals surface area (Å²) in [5, 5.41) is 2.75. The highest BCUT2D eigenvalue weighted by Gasteiger charge is 2.23. The van der Waals surface area contributed by atoms with Gasteiger partial charge in [-0.2, -0.15) is 0 Å². The normalized spacial score (nSPS) is 11.6. The molecule has 2 rings (SSSR count). The van der Waals surface area contributed by atoms with Crippen molar-refractivity contribution in [3.63, 3.8) is 0 Å². The Balaban J connectivity index is 2.15. The lowest BCUT2D eigenvalue weighted by Crippen LogP contribution is -2.45. The van der Waals surface area contributed by atoms with Crippen molar-refractivity contribution in [1.82, 2.24) is 10.2 Å². The Morgan fingerprint density at radius 3 is 1.79 bits per heavy atom. The summed E-state index contributed by atoms with van der Waals surface area (Å²) < 4.78 is 0. The van der Waals surface area contributed by atoms with E-state index in [0.29, 0.717) is 13.1 Å². The lowest BCUT2D eigenvalue weighted by molar-refractivity contribution is -0.147. The van der Waals surface area contributed by atoms with Crippen LogP contribution in [-0.2, 0) is 22.7 Å². The molecule has 0 radical (unpaired) electrons. The molecule has 0 aliphatic rings. The quantitative estimate of drug-likeness (QED) is 0.830. The molecule has 2 aromatic rings. The Kier molecular flexibility index (Phi) is 6.55. The van der Waals surface area contributed by atoms with Gasteiger partial charge in [0, 0.05) is 19.1 Å². The first-order valence-corrected chi connectivity index (χ1v) is 8.27. The van der Waals surface area contributed by atoms with E-state index < -0.39 is 11.8 Å². The number of nitrogens with zero attached hydrogens (tertiary/aromatic N) is 1. The molecule has 0 saturated heterocycles. The summed E-state index contributed by atoms with van der Waals surface area (Å²) in [6, 6.07) is 19.4. The molecule has 0 fully saturated rings. The van der Waals surface area contributed by atoms with Gasteiger partial charge < -0.3 is 10.2 Å². The minimum absolute atomic E-state index is 0.0169. The Hall–Kier alpha value is -2.62. The van der Waals surface area contributed by atoms with Crippen LogP contribution in [0.4, 0.5) is 0 Å². The lowest BCUT2D eigenvalue weighted by Gasteiger charge is -2.23. The Bertz CT molecular complexity index is 614. The number of hydrogen-bond donors (Lipinski definition) is 1. The fourth-order valence-corrected chi connectivity index (χ4v) is 2.34. The average Bonchev–Trinajstić information content (AvgIpc) is 2.62. The van der Waals surface area contributed by atoms with Gasteiger partial charge in [0.15, 0.2) is 0 Å². The van der Waals surface area contributed by atoms with Crippen molar-refractivity contribution in [3.8, 4) is 0 Å². The van der Waals surface area contributed by atoms with Crippen molar-refractivity contribution in [2.24, 2.45) is 0 Å². The van der Waals surface area contributed by atoms with Crippen LogP contribution < -0.4 is 5.32 Å². The highest BCUT2D eigenvalue weighted by atomic mass is 16.2. The number of carbonyl (C=O) groups excluding carboxylic acids is 2. The fraction of sp³-hybridized carbons (Fsp3) is 0.300. The summed E-state index contributed by atoms with van der Waals surface area (Å²) >= 11 is 0. The Morgan fingerprint density at radius 2 is 1.38 bits per heavy atom. The largest absolute Gasteiger partial charge is 0.345 e. The Morgan fingerprint density at radius 1 is 0.917 bits per heavy atom. The number of hydrogen-bond acceptors (Lipinski definition) is 2. The number of rotatable bonds is 6. The highest BCUT2D eigenvalue weighted by Crippen LogP contribution is 2.10. The van der Waals surface area contributed by atoms with Crippen LogP contribution in [0.1, 0.15) is 31.4 Å². The van der Waals surface area contributed by atoms with Crippen molar-refractivity contribution in [2.75, 3.05) is 0 Å². The van der Waals surface area contributed by atoms with Gasteiger partial charge in [0.25, 0.3) is 0 Å². The lowest BCUT2D eigenvalue weighted by atomic mass is 10.1. The molecule has 4 heteroatoms. The van der Waals surface area contributed by atoms with Crippen molar-refractivity contribution in [3.05, 3.63) is 71.8 Å². The molecule has 2 aromatic carbocycles. The van der Waals surface area contributed by atoms with E-state index in [2.05, 4.69) is 5.32 Å². The predicted octanol–water partition coefficient (Wildman–Crippen LogP) is 3.13. The van der Waals surface area contributed by atoms with Gasteiger partial charge in [-0.25, -0.2) is 0 Å². The van der Waals surface area contributed by atoms with Gasteiger partial charge in [0.05, 0.1) is 0 Å². The molecule has 2 amide bonds. The third kappa shape index (κ3) is 5.23. The zero-order valence-electron chi connectivity index (χ0n) is 14.2. The average molecular weight is 324 g/mol. The molecule has 126 valence electrons. The zero-order chi connectivity index (χ0) is 17.4. The molecule has 0 aliphatic carbocycles. The first-order valence-electron chi connectivity index (χ1n) is 8.27. The number of benzene rings is 2. The van der Waals surface area contributed by atoms with Gasteiger partial charge in [-0.1, -0.05) is 67.6 Å². The predicted molar refractivity (Wildman–Crippen MR) is 95.0 cm³/mol. The van der Waals surface area contributed by atoms with Crippen LogP contribution in [0.25, 0.3) is 0 Å². The monoisotopic (exact) mass is 324 g/mol. The minimum Gasteiger partial charge on any atom is -0.345 e. The van der Waals surface area contributed by atoms with Crippen LogP contribution >= 0.6 is 0 Å². The van der Waals surface area contributed by atoms with E-state index in [1.165, 1.54) is 0 Å². The first kappa shape index (κ1) is 17.7. The number of nitrogens with one attached hydrogen (secondary N) is 1. The molecule has 1 N–H and O–H groups in total. The van der Waals surface area contributed by atoms with E-state index in [-0.39, 0.29) is 6.04 Å². The van der Waals surface area contributed by atoms with Crippen LogP contribution in [0.5, 0.6) is 0 Å². The molecule has 0 aliphatic heterocycles. The number of amides is 2. The van der Waals surface area contributed by atoms with Crippen LogP contribution in [0.2, 0.25) is 0 Å². The highest BCUT2D eigenvalue weighted by molar-refractivity contribution is 6.35. The molecular weight excluding hydrogens is 300 g/mol. The third-order valence-corrected chi connectivity index (χ3v) is 3.90. The van der Waals surface area contributed by atoms with Gasteiger partial charge >= 0.3 is 11.8 Å². The summed E-state index contributed by atoms with van der Waals surface area (Å²) in [4.78, 5) is 26.4. The van der Waals surface area contributed by atoms with Gasteiger partial charge in [-0.3, -0.25) is 9.59 Å². The molecule has 0 bridgehead atoms. The Labute approximate surface area is 143 Å². The van der Waals surface area contributed by atoms with E-state index >= 15 is 0 Å². The molecule has 1 unspecified atom stereocenters. The summed E-state index contributed by atoms with van der Waals surface area (Å²) in [6.45, 7) is 4.68. The maximum Gasteiger partial charge on any atom is 0.312 e. The van der Waals surface area contributed by atoms with E-state index in [1.807, 2.05) is 74.5 Å². The fourth-order valence-electron chi connectivity index (χ4n) is 2.34.